The average molecular weight is 251 g/mol. The first-order chi connectivity index (χ1) is 8.33. The van der Waals surface area contributed by atoms with Crippen molar-refractivity contribution in [3.8, 4) is 0 Å². The largest absolute Gasteiger partial charge is 0.309 e. The zero-order valence-corrected chi connectivity index (χ0v) is 12.1. The lowest BCUT2D eigenvalue weighted by molar-refractivity contribution is 0.505. The molecule has 0 radical (unpaired) electrons. The Kier molecular flexibility index (Phi) is 7.38. The van der Waals surface area contributed by atoms with Crippen LogP contribution in [0.4, 0.5) is 0 Å². The van der Waals surface area contributed by atoms with Gasteiger partial charge >= 0.3 is 0 Å². The lowest BCUT2D eigenvalue weighted by Gasteiger charge is -2.27. The lowest BCUT2D eigenvalue weighted by atomic mass is 10.0. The summed E-state index contributed by atoms with van der Waals surface area (Å²) >= 11 is 2.07. The SMILES string of the molecule is CCCNC(c1ccccc1)C(CC)SCC. The molecule has 2 atom stereocenters. The highest BCUT2D eigenvalue weighted by molar-refractivity contribution is 7.99. The molecule has 17 heavy (non-hydrogen) atoms. The predicted molar refractivity (Wildman–Crippen MR) is 79.7 cm³/mol. The van der Waals surface area contributed by atoms with Gasteiger partial charge in [-0.05, 0) is 30.7 Å². The van der Waals surface area contributed by atoms with Gasteiger partial charge in [0.1, 0.15) is 0 Å². The van der Waals surface area contributed by atoms with Gasteiger partial charge in [0.15, 0.2) is 0 Å². The van der Waals surface area contributed by atoms with Crippen molar-refractivity contribution in [3.63, 3.8) is 0 Å². The molecule has 0 bridgehead atoms. The number of hydrogen-bond acceptors (Lipinski definition) is 2. The molecule has 1 nitrogen and oxygen atoms in total. The van der Waals surface area contributed by atoms with E-state index in [2.05, 4.69) is 68.2 Å². The Bertz CT molecular complexity index is 286. The summed E-state index contributed by atoms with van der Waals surface area (Å²) in [5.41, 5.74) is 1.42. The zero-order chi connectivity index (χ0) is 12.5. The Hall–Kier alpha value is -0.470. The number of thioether (sulfide) groups is 1. The molecule has 0 spiro atoms. The van der Waals surface area contributed by atoms with Crippen molar-refractivity contribution in [3.05, 3.63) is 35.9 Å². The predicted octanol–water partition coefficient (Wildman–Crippen LogP) is 4.26. The van der Waals surface area contributed by atoms with Crippen LogP contribution in [0.15, 0.2) is 30.3 Å². The summed E-state index contributed by atoms with van der Waals surface area (Å²) in [5, 5.41) is 4.38. The van der Waals surface area contributed by atoms with Crippen LogP contribution in [0.5, 0.6) is 0 Å². The molecule has 96 valence electrons. The Labute approximate surface area is 110 Å². The highest BCUT2D eigenvalue weighted by Crippen LogP contribution is 2.28. The molecule has 0 saturated heterocycles. The van der Waals surface area contributed by atoms with Gasteiger partial charge < -0.3 is 5.32 Å². The van der Waals surface area contributed by atoms with Crippen molar-refractivity contribution >= 4 is 11.8 Å². The summed E-state index contributed by atoms with van der Waals surface area (Å²) in [5.74, 6) is 1.19. The molecule has 0 aliphatic heterocycles. The van der Waals surface area contributed by atoms with Crippen molar-refractivity contribution in [2.45, 2.75) is 44.9 Å². The summed E-state index contributed by atoms with van der Waals surface area (Å²) < 4.78 is 0. The molecule has 1 rings (SSSR count). The number of hydrogen-bond donors (Lipinski definition) is 1. The van der Waals surface area contributed by atoms with Gasteiger partial charge in [-0.2, -0.15) is 11.8 Å². The third-order valence-electron chi connectivity index (χ3n) is 2.93. The normalized spacial score (nSPS) is 14.5. The van der Waals surface area contributed by atoms with Crippen LogP contribution in [-0.4, -0.2) is 17.5 Å². The van der Waals surface area contributed by atoms with Gasteiger partial charge in [0.2, 0.25) is 0 Å². The van der Waals surface area contributed by atoms with E-state index >= 15 is 0 Å². The van der Waals surface area contributed by atoms with Gasteiger partial charge in [-0.3, -0.25) is 0 Å². The van der Waals surface area contributed by atoms with Gasteiger partial charge in [-0.25, -0.2) is 0 Å². The Morgan fingerprint density at radius 1 is 1.12 bits per heavy atom. The first-order valence-corrected chi connectivity index (χ1v) is 7.78. The Morgan fingerprint density at radius 2 is 1.82 bits per heavy atom. The van der Waals surface area contributed by atoms with E-state index in [4.69, 9.17) is 0 Å². The molecule has 0 aliphatic rings. The number of rotatable bonds is 8. The smallest absolute Gasteiger partial charge is 0.0440 e. The van der Waals surface area contributed by atoms with E-state index in [1.807, 2.05) is 0 Å². The molecule has 0 aliphatic carbocycles. The molecule has 0 saturated carbocycles. The van der Waals surface area contributed by atoms with Crippen LogP contribution in [0.1, 0.15) is 45.2 Å². The molecule has 0 aromatic heterocycles. The Balaban J connectivity index is 2.78. The van der Waals surface area contributed by atoms with Crippen LogP contribution in [0.2, 0.25) is 0 Å². The molecule has 0 amide bonds. The van der Waals surface area contributed by atoms with E-state index in [1.54, 1.807) is 0 Å². The summed E-state index contributed by atoms with van der Waals surface area (Å²) in [6.45, 7) is 7.86. The standard InChI is InChI=1S/C15H25NS/c1-4-12-16-15(14(5-2)17-6-3)13-10-8-7-9-11-13/h7-11,14-16H,4-6,12H2,1-3H3. The third-order valence-corrected chi connectivity index (χ3v) is 4.29. The van der Waals surface area contributed by atoms with Crippen molar-refractivity contribution in [1.82, 2.24) is 5.32 Å². The van der Waals surface area contributed by atoms with E-state index in [9.17, 15) is 0 Å². The molecule has 0 heterocycles. The minimum Gasteiger partial charge on any atom is -0.309 e. The topological polar surface area (TPSA) is 12.0 Å². The van der Waals surface area contributed by atoms with Crippen LogP contribution < -0.4 is 5.32 Å². The fourth-order valence-corrected chi connectivity index (χ4v) is 3.20. The van der Waals surface area contributed by atoms with E-state index in [-0.39, 0.29) is 0 Å². The quantitative estimate of drug-likeness (QED) is 0.741. The number of benzene rings is 1. The highest BCUT2D eigenvalue weighted by Gasteiger charge is 2.20. The van der Waals surface area contributed by atoms with E-state index in [1.165, 1.54) is 24.2 Å². The number of nitrogens with one attached hydrogen (secondary N) is 1. The molecule has 0 fully saturated rings. The molecular formula is C15H25NS. The second-order valence-corrected chi connectivity index (χ2v) is 5.76. The van der Waals surface area contributed by atoms with E-state index in [0.29, 0.717) is 11.3 Å². The molecule has 1 N–H and O–H groups in total. The second kappa shape index (κ2) is 8.60. The van der Waals surface area contributed by atoms with Crippen LogP contribution in [-0.2, 0) is 0 Å². The van der Waals surface area contributed by atoms with Crippen molar-refractivity contribution in [2.75, 3.05) is 12.3 Å². The van der Waals surface area contributed by atoms with E-state index in [0.717, 1.165) is 6.54 Å². The minimum absolute atomic E-state index is 0.492. The van der Waals surface area contributed by atoms with Crippen LogP contribution in [0, 0.1) is 0 Å². The molecule has 2 unspecified atom stereocenters. The maximum absolute atomic E-state index is 3.70. The summed E-state index contributed by atoms with van der Waals surface area (Å²) in [6.07, 6.45) is 2.41. The van der Waals surface area contributed by atoms with Gasteiger partial charge in [-0.1, -0.05) is 51.1 Å². The monoisotopic (exact) mass is 251 g/mol. The van der Waals surface area contributed by atoms with Crippen LogP contribution in [0.3, 0.4) is 0 Å². The zero-order valence-electron chi connectivity index (χ0n) is 11.3. The maximum Gasteiger partial charge on any atom is 0.0440 e. The second-order valence-electron chi connectivity index (χ2n) is 4.24. The summed E-state index contributed by atoms with van der Waals surface area (Å²) in [6, 6.07) is 11.3. The average Bonchev–Trinajstić information content (AvgIpc) is 2.39. The van der Waals surface area contributed by atoms with Crippen molar-refractivity contribution in [1.29, 1.82) is 0 Å². The fraction of sp³-hybridized carbons (Fsp3) is 0.600. The van der Waals surface area contributed by atoms with Gasteiger partial charge in [0.25, 0.3) is 0 Å². The van der Waals surface area contributed by atoms with Crippen molar-refractivity contribution < 1.29 is 0 Å². The first-order valence-electron chi connectivity index (χ1n) is 6.73. The molecular weight excluding hydrogens is 226 g/mol. The fourth-order valence-electron chi connectivity index (χ4n) is 2.09. The van der Waals surface area contributed by atoms with Gasteiger partial charge in [0, 0.05) is 11.3 Å². The van der Waals surface area contributed by atoms with Crippen molar-refractivity contribution in [2.24, 2.45) is 0 Å². The minimum atomic E-state index is 0.492. The molecule has 1 aromatic carbocycles. The maximum atomic E-state index is 3.70. The summed E-state index contributed by atoms with van der Waals surface area (Å²) in [4.78, 5) is 0. The molecule has 2 heteroatoms. The first kappa shape index (κ1) is 14.6. The van der Waals surface area contributed by atoms with Crippen LogP contribution >= 0.6 is 11.8 Å². The van der Waals surface area contributed by atoms with Gasteiger partial charge in [0.05, 0.1) is 0 Å². The van der Waals surface area contributed by atoms with Gasteiger partial charge in [-0.15, -0.1) is 0 Å². The Morgan fingerprint density at radius 3 is 2.35 bits per heavy atom. The molecule has 1 aromatic rings. The summed E-state index contributed by atoms with van der Waals surface area (Å²) in [7, 11) is 0. The third kappa shape index (κ3) is 4.72. The lowest BCUT2D eigenvalue weighted by Crippen LogP contribution is -2.30. The van der Waals surface area contributed by atoms with Crippen LogP contribution in [0.25, 0.3) is 0 Å². The van der Waals surface area contributed by atoms with E-state index < -0.39 is 0 Å². The highest BCUT2D eigenvalue weighted by atomic mass is 32.2.